The Morgan fingerprint density at radius 3 is 1.90 bits per heavy atom. The van der Waals surface area contributed by atoms with E-state index in [9.17, 15) is 33.9 Å². The summed E-state index contributed by atoms with van der Waals surface area (Å²) >= 11 is 0. The number of hydrogen-bond donors (Lipinski definition) is 4. The molecule has 0 radical (unpaired) electrons. The molecule has 1 aliphatic rings. The number of aliphatic hydroxyl groups excluding tert-OH is 1. The van der Waals surface area contributed by atoms with Gasteiger partial charge >= 0.3 is 29.6 Å². The first-order chi connectivity index (χ1) is 19.1. The van der Waals surface area contributed by atoms with Gasteiger partial charge in [0.05, 0.1) is 0 Å². The summed E-state index contributed by atoms with van der Waals surface area (Å²) in [5.74, 6) is -2.91. The van der Waals surface area contributed by atoms with Gasteiger partial charge in [-0.1, -0.05) is 32.1 Å². The Morgan fingerprint density at radius 2 is 1.35 bits per heavy atom. The van der Waals surface area contributed by atoms with Crippen molar-refractivity contribution >= 4 is 23.9 Å². The number of carboxylic acids is 2. The highest BCUT2D eigenvalue weighted by Gasteiger charge is 2.48. The number of aromatic nitrogens is 2. The summed E-state index contributed by atoms with van der Waals surface area (Å²) in [5, 5.41) is 28.2. The van der Waals surface area contributed by atoms with E-state index in [-0.39, 0.29) is 32.3 Å². The fourth-order valence-corrected chi connectivity index (χ4v) is 4.27. The average Bonchev–Trinajstić information content (AvgIpc) is 3.18. The Hall–Kier alpha value is -3.52. The van der Waals surface area contributed by atoms with Gasteiger partial charge in [-0.05, 0) is 25.7 Å². The number of aliphatic hydroxyl groups is 1. The maximum Gasteiger partial charge on any atom is 0.330 e. The molecule has 1 saturated heterocycles. The predicted octanol–water partition coefficient (Wildman–Crippen LogP) is 1.49. The van der Waals surface area contributed by atoms with Crippen molar-refractivity contribution in [2.45, 2.75) is 108 Å². The number of unbranched alkanes of at least 4 members (excludes halogenated alkanes) is 7. The summed E-state index contributed by atoms with van der Waals surface area (Å²) in [5.41, 5.74) is -1.49. The second kappa shape index (κ2) is 17.2. The standard InChI is InChI=1S/C26H38N2O12/c29-18-14-15-28(26(37)27-18)25-24(40-22(35)13-9-5-4-7-11-20(32)33)23(36)17(39-25)16-38-21(34)12-8-3-1-2-6-10-19(30)31/h14-15,17,23-25,36H,1-13,16H2,(H,30,31)(H,32,33)(H,27,29,37)/t17-,23-,24-,25-/m1/s1. The normalized spacial score (nSPS) is 20.2. The Labute approximate surface area is 230 Å². The van der Waals surface area contributed by atoms with E-state index < -0.39 is 59.7 Å². The molecular weight excluding hydrogens is 532 g/mol. The number of aromatic amines is 1. The minimum Gasteiger partial charge on any atom is -0.481 e. The van der Waals surface area contributed by atoms with Gasteiger partial charge < -0.3 is 29.5 Å². The number of hydrogen-bond acceptors (Lipinski definition) is 10. The largest absolute Gasteiger partial charge is 0.481 e. The quantitative estimate of drug-likeness (QED) is 0.138. The number of carboxylic acid groups (broad SMARTS) is 2. The Kier molecular flexibility index (Phi) is 14.1. The Bertz CT molecular complexity index is 1100. The van der Waals surface area contributed by atoms with E-state index in [1.165, 1.54) is 0 Å². The lowest BCUT2D eigenvalue weighted by Crippen LogP contribution is -2.40. The molecule has 0 bridgehead atoms. The molecule has 4 atom stereocenters. The van der Waals surface area contributed by atoms with Crippen LogP contribution in [0.15, 0.2) is 21.9 Å². The van der Waals surface area contributed by atoms with E-state index in [2.05, 4.69) is 4.98 Å². The topological polar surface area (TPSA) is 212 Å². The summed E-state index contributed by atoms with van der Waals surface area (Å²) in [6.07, 6.45) is 1.82. The number of aliphatic carboxylic acids is 2. The number of esters is 2. The lowest BCUT2D eigenvalue weighted by atomic mass is 10.1. The van der Waals surface area contributed by atoms with Crippen molar-refractivity contribution < 1.29 is 48.7 Å². The zero-order chi connectivity index (χ0) is 29.5. The summed E-state index contributed by atoms with van der Waals surface area (Å²) in [6, 6.07) is 1.07. The SMILES string of the molecule is O=C(O)CCCCCCCC(=O)OC[C@H]1O[C@@H](n2ccc(=O)[nH]c2=O)[C@H](OC(=O)CCCCCCC(=O)O)[C@@H]1O. The fraction of sp³-hybridized carbons (Fsp3) is 0.692. The number of nitrogens with zero attached hydrogens (tertiary/aromatic N) is 1. The molecule has 40 heavy (non-hydrogen) atoms. The third-order valence-corrected chi connectivity index (χ3v) is 6.41. The summed E-state index contributed by atoms with van der Waals surface area (Å²) in [4.78, 5) is 71.6. The van der Waals surface area contributed by atoms with Gasteiger partial charge in [-0.2, -0.15) is 0 Å². The molecule has 0 aromatic carbocycles. The van der Waals surface area contributed by atoms with Crippen molar-refractivity contribution in [3.63, 3.8) is 0 Å². The predicted molar refractivity (Wildman–Crippen MR) is 137 cm³/mol. The van der Waals surface area contributed by atoms with Crippen LogP contribution in [0.2, 0.25) is 0 Å². The number of carbonyl (C=O) groups is 4. The van der Waals surface area contributed by atoms with Crippen LogP contribution in [-0.2, 0) is 33.4 Å². The van der Waals surface area contributed by atoms with Crippen molar-refractivity contribution in [2.24, 2.45) is 0 Å². The number of rotatable bonds is 19. The van der Waals surface area contributed by atoms with E-state index in [0.29, 0.717) is 38.5 Å². The molecular formula is C26H38N2O12. The van der Waals surface area contributed by atoms with Gasteiger partial charge in [0.25, 0.3) is 5.56 Å². The second-order valence-corrected chi connectivity index (χ2v) is 9.68. The first-order valence-electron chi connectivity index (χ1n) is 13.5. The fourth-order valence-electron chi connectivity index (χ4n) is 4.27. The summed E-state index contributed by atoms with van der Waals surface area (Å²) in [7, 11) is 0. The van der Waals surface area contributed by atoms with Gasteiger partial charge in [-0.3, -0.25) is 33.5 Å². The van der Waals surface area contributed by atoms with E-state index in [4.69, 9.17) is 24.4 Å². The highest BCUT2D eigenvalue weighted by Crippen LogP contribution is 2.31. The van der Waals surface area contributed by atoms with Crippen LogP contribution in [0.3, 0.4) is 0 Å². The van der Waals surface area contributed by atoms with Crippen LogP contribution >= 0.6 is 0 Å². The van der Waals surface area contributed by atoms with Gasteiger partial charge in [-0.25, -0.2) is 4.79 Å². The molecule has 0 unspecified atom stereocenters. The molecule has 1 aliphatic heterocycles. The molecule has 2 rings (SSSR count). The van der Waals surface area contributed by atoms with Crippen LogP contribution < -0.4 is 11.2 Å². The van der Waals surface area contributed by atoms with E-state index in [1.54, 1.807) is 0 Å². The third-order valence-electron chi connectivity index (χ3n) is 6.41. The summed E-state index contributed by atoms with van der Waals surface area (Å²) < 4.78 is 17.4. The van der Waals surface area contributed by atoms with Crippen molar-refractivity contribution in [3.05, 3.63) is 33.1 Å². The van der Waals surface area contributed by atoms with Crippen LogP contribution in [0.25, 0.3) is 0 Å². The molecule has 1 fully saturated rings. The van der Waals surface area contributed by atoms with Gasteiger partial charge in [0, 0.05) is 37.9 Å². The first-order valence-corrected chi connectivity index (χ1v) is 13.5. The molecule has 0 saturated carbocycles. The maximum absolute atomic E-state index is 12.5. The lowest BCUT2D eigenvalue weighted by Gasteiger charge is -2.22. The zero-order valence-corrected chi connectivity index (χ0v) is 22.3. The summed E-state index contributed by atoms with van der Waals surface area (Å²) in [6.45, 7) is -0.356. The maximum atomic E-state index is 12.5. The molecule has 1 aromatic rings. The molecule has 0 spiro atoms. The number of nitrogens with one attached hydrogen (secondary N) is 1. The van der Waals surface area contributed by atoms with Crippen LogP contribution in [0.5, 0.6) is 0 Å². The van der Waals surface area contributed by atoms with Crippen LogP contribution in [0.1, 0.15) is 89.7 Å². The van der Waals surface area contributed by atoms with Gasteiger partial charge in [-0.15, -0.1) is 0 Å². The minimum absolute atomic E-state index is 0.000503. The van der Waals surface area contributed by atoms with Crippen molar-refractivity contribution in [2.75, 3.05) is 6.61 Å². The molecule has 0 aliphatic carbocycles. The number of ether oxygens (including phenoxy) is 3. The highest BCUT2D eigenvalue weighted by atomic mass is 16.6. The van der Waals surface area contributed by atoms with Crippen LogP contribution in [-0.4, -0.2) is 73.7 Å². The molecule has 0 amide bonds. The second-order valence-electron chi connectivity index (χ2n) is 9.68. The first kappa shape index (κ1) is 32.7. The number of H-pyrrole nitrogens is 1. The van der Waals surface area contributed by atoms with E-state index >= 15 is 0 Å². The molecule has 14 heteroatoms. The molecule has 14 nitrogen and oxygen atoms in total. The molecule has 1 aromatic heterocycles. The van der Waals surface area contributed by atoms with Crippen molar-refractivity contribution in [3.8, 4) is 0 Å². The third kappa shape index (κ3) is 11.7. The Morgan fingerprint density at radius 1 is 0.825 bits per heavy atom. The van der Waals surface area contributed by atoms with Gasteiger partial charge in [0.2, 0.25) is 0 Å². The highest BCUT2D eigenvalue weighted by molar-refractivity contribution is 5.70. The molecule has 224 valence electrons. The van der Waals surface area contributed by atoms with Crippen LogP contribution in [0, 0.1) is 0 Å². The van der Waals surface area contributed by atoms with E-state index in [0.717, 1.165) is 36.1 Å². The van der Waals surface area contributed by atoms with Gasteiger partial charge in [0.1, 0.15) is 18.8 Å². The van der Waals surface area contributed by atoms with E-state index in [1.807, 2.05) is 0 Å². The van der Waals surface area contributed by atoms with Crippen molar-refractivity contribution in [1.82, 2.24) is 9.55 Å². The molecule has 4 N–H and O–H groups in total. The minimum atomic E-state index is -1.44. The Balaban J connectivity index is 1.89. The number of carbonyl (C=O) groups excluding carboxylic acids is 2. The monoisotopic (exact) mass is 570 g/mol. The van der Waals surface area contributed by atoms with Crippen molar-refractivity contribution in [1.29, 1.82) is 0 Å². The molecule has 2 heterocycles. The average molecular weight is 571 g/mol. The van der Waals surface area contributed by atoms with Gasteiger partial charge in [0.15, 0.2) is 12.3 Å². The zero-order valence-electron chi connectivity index (χ0n) is 22.3. The smallest absolute Gasteiger partial charge is 0.330 e. The van der Waals surface area contributed by atoms with Crippen LogP contribution in [0.4, 0.5) is 0 Å². The lowest BCUT2D eigenvalue weighted by molar-refractivity contribution is -0.159.